The molecule has 0 aliphatic heterocycles. The Labute approximate surface area is 327 Å². The highest BCUT2D eigenvalue weighted by atomic mass is 35.5. The van der Waals surface area contributed by atoms with Gasteiger partial charge in [0, 0.05) is 21.8 Å². The lowest BCUT2D eigenvalue weighted by atomic mass is 10.1. The van der Waals surface area contributed by atoms with Crippen molar-refractivity contribution in [2.24, 2.45) is 0 Å². The van der Waals surface area contributed by atoms with E-state index < -0.39 is 23.0 Å². The summed E-state index contributed by atoms with van der Waals surface area (Å²) in [6.07, 6.45) is 1.59. The van der Waals surface area contributed by atoms with Gasteiger partial charge in [-0.25, -0.2) is 4.79 Å². The van der Waals surface area contributed by atoms with Crippen molar-refractivity contribution in [2.75, 3.05) is 10.6 Å². The van der Waals surface area contributed by atoms with Gasteiger partial charge in [0.15, 0.2) is 0 Å². The predicted octanol–water partition coefficient (Wildman–Crippen LogP) is 9.50. The number of rotatable bonds is 14. The van der Waals surface area contributed by atoms with Crippen LogP contribution in [0, 0.1) is 0 Å². The van der Waals surface area contributed by atoms with Gasteiger partial charge in [-0.05, 0) is 89.5 Å². The molecule has 1 unspecified atom stereocenters. The summed E-state index contributed by atoms with van der Waals surface area (Å²) in [6.45, 7) is 0.410. The molecule has 6 rings (SSSR count). The molecule has 0 heterocycles. The molecule has 3 amide bonds. The third kappa shape index (κ3) is 10.7. The first-order valence-corrected chi connectivity index (χ1v) is 18.3. The van der Waals surface area contributed by atoms with Gasteiger partial charge in [-0.2, -0.15) is 0 Å². The Balaban J connectivity index is 1.17. The highest BCUT2D eigenvalue weighted by Gasteiger charge is 2.23. The van der Waals surface area contributed by atoms with Gasteiger partial charge in [0.2, 0.25) is 5.91 Å². The summed E-state index contributed by atoms with van der Waals surface area (Å²) in [7, 11) is 0. The van der Waals surface area contributed by atoms with Crippen LogP contribution >= 0.6 is 23.4 Å². The molecule has 0 bridgehead atoms. The molecule has 0 aliphatic carbocycles. The molecule has 0 saturated carbocycles. The van der Waals surface area contributed by atoms with E-state index in [2.05, 4.69) is 16.0 Å². The fourth-order valence-corrected chi connectivity index (χ4v) is 6.56. The van der Waals surface area contributed by atoms with Crippen LogP contribution in [0.3, 0.4) is 0 Å². The number of thioether (sulfide) groups is 1. The Morgan fingerprint density at radius 3 is 1.98 bits per heavy atom. The highest BCUT2D eigenvalue weighted by Crippen LogP contribution is 2.37. The van der Waals surface area contributed by atoms with Crippen LogP contribution in [0.1, 0.15) is 42.7 Å². The first-order valence-electron chi connectivity index (χ1n) is 17.0. The minimum atomic E-state index is -1.21. The third-order valence-electron chi connectivity index (χ3n) is 8.14. The number of carboxylic acid groups (broad SMARTS) is 1. The second-order valence-electron chi connectivity index (χ2n) is 12.1. The Kier molecular flexibility index (Phi) is 12.8. The van der Waals surface area contributed by atoms with E-state index in [-0.39, 0.29) is 22.2 Å². The fraction of sp³-hybridized carbons (Fsp3) is 0.0455. The van der Waals surface area contributed by atoms with Crippen LogP contribution in [0.25, 0.3) is 6.08 Å². The number of carboxylic acids is 1. The summed E-state index contributed by atoms with van der Waals surface area (Å²) in [6, 6.07) is 46.0. The van der Waals surface area contributed by atoms with Crippen LogP contribution in [0.5, 0.6) is 5.75 Å². The molecule has 0 radical (unpaired) electrons. The number of nitrogens with one attached hydrogen (secondary N) is 3. The Hall–Kier alpha value is -6.62. The van der Waals surface area contributed by atoms with Crippen LogP contribution in [0.4, 0.5) is 11.4 Å². The van der Waals surface area contributed by atoms with Crippen molar-refractivity contribution >= 4 is 64.5 Å². The van der Waals surface area contributed by atoms with Crippen molar-refractivity contribution in [3.8, 4) is 5.75 Å². The van der Waals surface area contributed by atoms with Gasteiger partial charge < -0.3 is 25.8 Å². The molecular formula is C44H34ClN3O6S. The summed E-state index contributed by atoms with van der Waals surface area (Å²) in [5.41, 5.74) is 3.48. The van der Waals surface area contributed by atoms with Crippen molar-refractivity contribution in [3.05, 3.63) is 196 Å². The van der Waals surface area contributed by atoms with Gasteiger partial charge in [-0.1, -0.05) is 103 Å². The number of halogens is 1. The minimum Gasteiger partial charge on any atom is -0.489 e. The Bertz CT molecular complexity index is 2300. The van der Waals surface area contributed by atoms with Crippen molar-refractivity contribution in [3.63, 3.8) is 0 Å². The topological polar surface area (TPSA) is 134 Å². The zero-order valence-electron chi connectivity index (χ0n) is 29.1. The number of carbonyl (C=O) groups excluding carboxylic acids is 3. The van der Waals surface area contributed by atoms with E-state index >= 15 is 0 Å². The van der Waals surface area contributed by atoms with E-state index in [9.17, 15) is 24.3 Å². The lowest BCUT2D eigenvalue weighted by Crippen LogP contribution is -2.30. The van der Waals surface area contributed by atoms with Crippen molar-refractivity contribution < 1.29 is 29.0 Å². The average molecular weight is 768 g/mol. The fourth-order valence-electron chi connectivity index (χ4n) is 5.34. The molecule has 9 nitrogen and oxygen atoms in total. The van der Waals surface area contributed by atoms with Crippen molar-refractivity contribution in [2.45, 2.75) is 16.8 Å². The van der Waals surface area contributed by atoms with E-state index in [4.69, 9.17) is 16.3 Å². The van der Waals surface area contributed by atoms with Crippen LogP contribution < -0.4 is 20.7 Å². The lowest BCUT2D eigenvalue weighted by Gasteiger charge is -2.18. The van der Waals surface area contributed by atoms with Gasteiger partial charge >= 0.3 is 5.97 Å². The maximum Gasteiger partial charge on any atom is 0.337 e. The van der Waals surface area contributed by atoms with Crippen LogP contribution in [-0.2, 0) is 16.2 Å². The first kappa shape index (κ1) is 38.1. The minimum absolute atomic E-state index is 0.0272. The number of benzene rings is 6. The Morgan fingerprint density at radius 1 is 0.709 bits per heavy atom. The van der Waals surface area contributed by atoms with E-state index in [1.165, 1.54) is 23.9 Å². The monoisotopic (exact) mass is 767 g/mol. The molecule has 274 valence electrons. The van der Waals surface area contributed by atoms with Gasteiger partial charge in [-0.3, -0.25) is 14.4 Å². The molecule has 1 atom stereocenters. The molecule has 0 aliphatic rings. The van der Waals surface area contributed by atoms with Crippen molar-refractivity contribution in [1.82, 2.24) is 5.32 Å². The molecule has 0 aromatic heterocycles. The summed E-state index contributed by atoms with van der Waals surface area (Å²) in [5.74, 6) is -1.91. The molecule has 0 fully saturated rings. The van der Waals surface area contributed by atoms with Crippen LogP contribution in [0.2, 0.25) is 5.02 Å². The largest absolute Gasteiger partial charge is 0.489 e. The normalized spacial score (nSPS) is 11.5. The molecule has 0 saturated heterocycles. The predicted molar refractivity (Wildman–Crippen MR) is 216 cm³/mol. The molecular weight excluding hydrogens is 734 g/mol. The van der Waals surface area contributed by atoms with Gasteiger partial charge in [0.25, 0.3) is 11.8 Å². The molecule has 55 heavy (non-hydrogen) atoms. The third-order valence-corrected chi connectivity index (χ3v) is 9.73. The summed E-state index contributed by atoms with van der Waals surface area (Å²) in [4.78, 5) is 52.8. The van der Waals surface area contributed by atoms with E-state index in [1.54, 1.807) is 91.0 Å². The maximum atomic E-state index is 13.7. The van der Waals surface area contributed by atoms with E-state index in [0.29, 0.717) is 34.9 Å². The summed E-state index contributed by atoms with van der Waals surface area (Å²) < 4.78 is 5.90. The van der Waals surface area contributed by atoms with Gasteiger partial charge in [0.05, 0.1) is 10.6 Å². The van der Waals surface area contributed by atoms with Crippen LogP contribution in [0.15, 0.2) is 168 Å². The molecule has 0 spiro atoms. The Morgan fingerprint density at radius 2 is 1.33 bits per heavy atom. The quantitative estimate of drug-likeness (QED) is 0.0641. The second kappa shape index (κ2) is 18.4. The number of hydrogen-bond acceptors (Lipinski definition) is 6. The molecule has 4 N–H and O–H groups in total. The van der Waals surface area contributed by atoms with E-state index in [1.807, 2.05) is 60.7 Å². The zero-order valence-corrected chi connectivity index (χ0v) is 30.7. The maximum absolute atomic E-state index is 13.7. The van der Waals surface area contributed by atoms with Gasteiger partial charge in [-0.15, -0.1) is 11.8 Å². The number of ether oxygens (including phenoxy) is 1. The van der Waals surface area contributed by atoms with Crippen molar-refractivity contribution in [1.29, 1.82) is 0 Å². The summed E-state index contributed by atoms with van der Waals surface area (Å²) in [5, 5.41) is 17.3. The average Bonchev–Trinajstić information content (AvgIpc) is 3.21. The smallest absolute Gasteiger partial charge is 0.337 e. The zero-order chi connectivity index (χ0) is 38.6. The molecule has 11 heteroatoms. The van der Waals surface area contributed by atoms with Gasteiger partial charge in [0.1, 0.15) is 23.3 Å². The number of carbonyl (C=O) groups is 4. The van der Waals surface area contributed by atoms with Crippen LogP contribution in [-0.4, -0.2) is 28.8 Å². The number of amides is 3. The number of hydrogen-bond donors (Lipinski definition) is 4. The SMILES string of the molecule is O=C(Nc1ccc(SC(C(=O)Nc2ccc(Cl)c(C(=O)O)c2)c2ccccc2)cc1)/C(=C/c1ccc(OCc2ccccc2)cc1)NC(=O)c1ccccc1. The lowest BCUT2D eigenvalue weighted by molar-refractivity contribution is -0.116. The first-order chi connectivity index (χ1) is 26.7. The standard InChI is InChI=1S/C44H34ClN3O6S/c45-38-25-20-34(27-37(38)44(52)53)47-43(51)40(31-12-6-2-7-13-31)55-36-23-18-33(19-24-36)46-42(50)39(48-41(49)32-14-8-3-9-15-32)26-29-16-21-35(22-17-29)54-28-30-10-4-1-5-11-30/h1-27,40H,28H2,(H,46,50)(H,47,51)(H,48,49)(H,52,53)/b39-26-. The number of anilines is 2. The second-order valence-corrected chi connectivity index (χ2v) is 13.7. The molecule has 6 aromatic carbocycles. The van der Waals surface area contributed by atoms with E-state index in [0.717, 1.165) is 16.0 Å². The molecule has 6 aromatic rings. The summed E-state index contributed by atoms with van der Waals surface area (Å²) >= 11 is 7.30. The number of aromatic carboxylic acids is 1. The highest BCUT2D eigenvalue weighted by molar-refractivity contribution is 8.00.